The number of nitrogens with one attached hydrogen (secondary N) is 1. The maximum absolute atomic E-state index is 13.1. The molecule has 2 aliphatic carbocycles. The topological polar surface area (TPSA) is 99.8 Å². The third kappa shape index (κ3) is 4.78. The van der Waals surface area contributed by atoms with Gasteiger partial charge in [0.25, 0.3) is 0 Å². The third-order valence-electron chi connectivity index (χ3n) is 6.61. The van der Waals surface area contributed by atoms with Crippen molar-refractivity contribution in [3.8, 4) is 5.75 Å². The molecule has 1 aromatic heterocycles. The van der Waals surface area contributed by atoms with Gasteiger partial charge in [-0.05, 0) is 63.0 Å². The van der Waals surface area contributed by atoms with Gasteiger partial charge in [-0.25, -0.2) is 13.7 Å². The maximum Gasteiger partial charge on any atom is 0.343 e. The number of fused-ring (bicyclic) bond motifs is 1. The van der Waals surface area contributed by atoms with Crippen LogP contribution in [0.4, 0.5) is 0 Å². The Hall–Kier alpha value is -1.96. The molecule has 1 aromatic carbocycles. The summed E-state index contributed by atoms with van der Waals surface area (Å²) < 4.78 is 29.1. The summed E-state index contributed by atoms with van der Waals surface area (Å²) >= 11 is -2.15. The highest BCUT2D eigenvalue weighted by molar-refractivity contribution is 7.77. The average Bonchev–Trinajstić information content (AvgIpc) is 3.51. The summed E-state index contributed by atoms with van der Waals surface area (Å²) in [5, 5.41) is 11.2. The third-order valence-corrected chi connectivity index (χ3v) is 7.29. The molecule has 0 spiro atoms. The number of benzene rings is 1. The number of hydrogen-bond donors (Lipinski definition) is 3. The molecule has 0 aliphatic heterocycles. The molecular weight excluding hydrogens is 414 g/mol. The van der Waals surface area contributed by atoms with E-state index in [4.69, 9.17) is 4.42 Å². The van der Waals surface area contributed by atoms with Gasteiger partial charge >= 0.3 is 5.63 Å². The van der Waals surface area contributed by atoms with Gasteiger partial charge in [-0.3, -0.25) is 4.55 Å². The molecule has 0 radical (unpaired) electrons. The van der Waals surface area contributed by atoms with Gasteiger partial charge in [-0.15, -0.1) is 0 Å². The van der Waals surface area contributed by atoms with Gasteiger partial charge in [0.05, 0.1) is 11.1 Å². The SMILES string of the molecule is CC(C)(NS(=O)O)c1cccc(C(c2c(O)c3c(oc2=O)CCCCCC3)C2CC2)c1. The highest BCUT2D eigenvalue weighted by Gasteiger charge is 2.39. The predicted molar refractivity (Wildman–Crippen MR) is 120 cm³/mol. The van der Waals surface area contributed by atoms with Crippen molar-refractivity contribution in [3.05, 3.63) is 62.7 Å². The molecule has 0 saturated heterocycles. The van der Waals surface area contributed by atoms with Crippen LogP contribution in [0.1, 0.15) is 86.3 Å². The normalized spacial score (nSPS) is 19.2. The van der Waals surface area contributed by atoms with Gasteiger partial charge in [0.2, 0.25) is 11.3 Å². The molecule has 1 saturated carbocycles. The highest BCUT2D eigenvalue weighted by atomic mass is 32.2. The van der Waals surface area contributed by atoms with E-state index in [9.17, 15) is 18.7 Å². The van der Waals surface area contributed by atoms with Gasteiger partial charge in [0.1, 0.15) is 11.5 Å². The van der Waals surface area contributed by atoms with Crippen LogP contribution in [0.5, 0.6) is 5.75 Å². The van der Waals surface area contributed by atoms with Crippen LogP contribution < -0.4 is 10.3 Å². The van der Waals surface area contributed by atoms with Gasteiger partial charge < -0.3 is 9.52 Å². The molecule has 0 amide bonds. The van der Waals surface area contributed by atoms with E-state index in [-0.39, 0.29) is 17.6 Å². The van der Waals surface area contributed by atoms with Crippen molar-refractivity contribution in [3.63, 3.8) is 0 Å². The number of aromatic hydroxyl groups is 1. The monoisotopic (exact) mass is 445 g/mol. The molecule has 2 aliphatic rings. The first-order chi connectivity index (χ1) is 14.8. The van der Waals surface area contributed by atoms with E-state index in [0.29, 0.717) is 17.7 Å². The lowest BCUT2D eigenvalue weighted by molar-refractivity contribution is 0.382. The molecule has 1 heterocycles. The summed E-state index contributed by atoms with van der Waals surface area (Å²) in [4.78, 5) is 13.1. The second kappa shape index (κ2) is 8.88. The van der Waals surface area contributed by atoms with Gasteiger partial charge in [-0.2, -0.15) is 0 Å². The van der Waals surface area contributed by atoms with E-state index < -0.39 is 22.4 Å². The summed E-state index contributed by atoms with van der Waals surface area (Å²) in [6.45, 7) is 3.67. The van der Waals surface area contributed by atoms with Gasteiger partial charge in [0, 0.05) is 17.9 Å². The Balaban J connectivity index is 1.79. The van der Waals surface area contributed by atoms with Crippen molar-refractivity contribution in [2.45, 2.75) is 76.7 Å². The molecule has 3 N–H and O–H groups in total. The van der Waals surface area contributed by atoms with Crippen LogP contribution in [0.2, 0.25) is 0 Å². The Morgan fingerprint density at radius 1 is 1.16 bits per heavy atom. The first kappa shape index (κ1) is 22.2. The van der Waals surface area contributed by atoms with Crippen molar-refractivity contribution in [2.75, 3.05) is 0 Å². The van der Waals surface area contributed by atoms with Crippen molar-refractivity contribution >= 4 is 11.3 Å². The summed E-state index contributed by atoms with van der Waals surface area (Å²) in [6.07, 6.45) is 7.60. The van der Waals surface area contributed by atoms with Crippen LogP contribution in [0, 0.1) is 5.92 Å². The molecule has 4 rings (SSSR count). The second-order valence-electron chi connectivity index (χ2n) is 9.38. The second-order valence-corrected chi connectivity index (χ2v) is 10.1. The highest BCUT2D eigenvalue weighted by Crippen LogP contribution is 2.49. The average molecular weight is 446 g/mol. The van der Waals surface area contributed by atoms with E-state index in [1.54, 1.807) is 0 Å². The molecule has 31 heavy (non-hydrogen) atoms. The van der Waals surface area contributed by atoms with Crippen molar-refractivity contribution < 1.29 is 18.3 Å². The quantitative estimate of drug-likeness (QED) is 0.568. The summed E-state index contributed by atoms with van der Waals surface area (Å²) in [5.41, 5.74) is 1.76. The number of aryl methyl sites for hydroxylation is 1. The molecule has 7 heteroatoms. The fourth-order valence-corrected chi connectivity index (χ4v) is 5.35. The van der Waals surface area contributed by atoms with Crippen LogP contribution in [0.3, 0.4) is 0 Å². The standard InChI is InChI=1S/C24H31NO5S/c1-24(2,25-31(28)29)17-9-7-8-16(14-17)20(15-12-13-15)21-22(26)18-10-5-3-4-6-11-19(18)30-23(21)27/h7-9,14-15,20,25-26H,3-6,10-13H2,1-2H3,(H,28,29). The van der Waals surface area contributed by atoms with Crippen molar-refractivity contribution in [1.29, 1.82) is 0 Å². The first-order valence-corrected chi connectivity index (χ1v) is 12.3. The zero-order valence-corrected chi connectivity index (χ0v) is 19.0. The first-order valence-electron chi connectivity index (χ1n) is 11.1. The molecule has 1 fully saturated rings. The Kier molecular flexibility index (Phi) is 6.37. The number of rotatable bonds is 6. The Bertz CT molecular complexity index is 1040. The Morgan fingerprint density at radius 2 is 1.87 bits per heavy atom. The van der Waals surface area contributed by atoms with E-state index >= 15 is 0 Å². The predicted octanol–water partition coefficient (Wildman–Crippen LogP) is 4.51. The lowest BCUT2D eigenvalue weighted by Gasteiger charge is -2.27. The van der Waals surface area contributed by atoms with Gasteiger partial charge in [-0.1, -0.05) is 37.1 Å². The molecule has 2 atom stereocenters. The van der Waals surface area contributed by atoms with E-state index in [2.05, 4.69) is 4.72 Å². The lowest BCUT2D eigenvalue weighted by atomic mass is 9.83. The summed E-state index contributed by atoms with van der Waals surface area (Å²) in [6, 6.07) is 7.73. The fraction of sp³-hybridized carbons (Fsp3) is 0.542. The molecule has 6 nitrogen and oxygen atoms in total. The fourth-order valence-electron chi connectivity index (χ4n) is 4.80. The van der Waals surface area contributed by atoms with Crippen LogP contribution in [0.25, 0.3) is 0 Å². The Morgan fingerprint density at radius 3 is 2.55 bits per heavy atom. The van der Waals surface area contributed by atoms with Crippen LogP contribution >= 0.6 is 0 Å². The maximum atomic E-state index is 13.1. The molecular formula is C24H31NO5S. The molecule has 168 valence electrons. The lowest BCUT2D eigenvalue weighted by Crippen LogP contribution is -2.37. The van der Waals surface area contributed by atoms with Gasteiger partial charge in [0.15, 0.2) is 0 Å². The van der Waals surface area contributed by atoms with Crippen molar-refractivity contribution in [2.24, 2.45) is 5.92 Å². The minimum absolute atomic E-state index is 0.115. The smallest absolute Gasteiger partial charge is 0.343 e. The Labute approximate surface area is 185 Å². The van der Waals surface area contributed by atoms with E-state index in [1.165, 1.54) is 0 Å². The molecule has 0 bridgehead atoms. The molecule has 2 aromatic rings. The zero-order chi connectivity index (χ0) is 22.2. The van der Waals surface area contributed by atoms with E-state index in [1.807, 2.05) is 38.1 Å². The van der Waals surface area contributed by atoms with Crippen molar-refractivity contribution in [1.82, 2.24) is 4.72 Å². The minimum Gasteiger partial charge on any atom is -0.507 e. The number of hydrogen-bond acceptors (Lipinski definition) is 4. The summed E-state index contributed by atoms with van der Waals surface area (Å²) in [7, 11) is 0. The summed E-state index contributed by atoms with van der Waals surface area (Å²) in [5.74, 6) is 0.787. The largest absolute Gasteiger partial charge is 0.507 e. The van der Waals surface area contributed by atoms with Crippen LogP contribution in [-0.2, 0) is 29.6 Å². The van der Waals surface area contributed by atoms with E-state index in [0.717, 1.165) is 61.6 Å². The molecule has 2 unspecified atom stereocenters. The zero-order valence-electron chi connectivity index (χ0n) is 18.1. The minimum atomic E-state index is -2.15. The van der Waals surface area contributed by atoms with Crippen LogP contribution in [0.15, 0.2) is 33.5 Å². The van der Waals surface area contributed by atoms with Crippen LogP contribution in [-0.4, -0.2) is 13.9 Å².